The van der Waals surface area contributed by atoms with Crippen LogP contribution < -0.4 is 9.64 Å². The molecule has 0 aromatic heterocycles. The molecular weight excluding hydrogens is 326 g/mol. The van der Waals surface area contributed by atoms with Crippen LogP contribution in [0.4, 0.5) is 5.69 Å². The largest absolute Gasteiger partial charge is 0.457 e. The summed E-state index contributed by atoms with van der Waals surface area (Å²) in [6, 6.07) is 13.1. The first-order valence-corrected chi connectivity index (χ1v) is 8.93. The molecule has 2 aromatic carbocycles. The van der Waals surface area contributed by atoms with Crippen molar-refractivity contribution in [2.24, 2.45) is 11.8 Å². The van der Waals surface area contributed by atoms with Gasteiger partial charge in [-0.1, -0.05) is 24.3 Å². The highest BCUT2D eigenvalue weighted by molar-refractivity contribution is 6.22. The highest BCUT2D eigenvalue weighted by Crippen LogP contribution is 2.38. The van der Waals surface area contributed by atoms with Crippen LogP contribution in [0.25, 0.3) is 0 Å². The Morgan fingerprint density at radius 3 is 2.12 bits per heavy atom. The molecule has 1 heterocycles. The number of ether oxygens (including phenoxy) is 1. The minimum absolute atomic E-state index is 0.0902. The quantitative estimate of drug-likeness (QED) is 0.604. The Bertz CT molecular complexity index is 872. The summed E-state index contributed by atoms with van der Waals surface area (Å²) in [5, 5.41) is 0. The summed E-state index contributed by atoms with van der Waals surface area (Å²) in [4.78, 5) is 26.6. The van der Waals surface area contributed by atoms with E-state index in [1.165, 1.54) is 10.5 Å². The van der Waals surface area contributed by atoms with Crippen molar-refractivity contribution in [1.82, 2.24) is 0 Å². The number of allylic oxidation sites excluding steroid dienone is 2. The molecule has 1 aliphatic heterocycles. The monoisotopic (exact) mass is 347 g/mol. The van der Waals surface area contributed by atoms with Gasteiger partial charge < -0.3 is 4.74 Å². The molecule has 0 N–H and O–H groups in total. The SMILES string of the molecule is Cc1cccc(Oc2ccc(N3C(=O)[C@H]4CC=CC[C@H]4C3=O)cc2)c1C. The fourth-order valence-corrected chi connectivity index (χ4v) is 3.68. The van der Waals surface area contributed by atoms with E-state index in [-0.39, 0.29) is 23.7 Å². The van der Waals surface area contributed by atoms with Crippen molar-refractivity contribution in [2.45, 2.75) is 26.7 Å². The van der Waals surface area contributed by atoms with Crippen LogP contribution in [0.2, 0.25) is 0 Å². The Morgan fingerprint density at radius 2 is 1.50 bits per heavy atom. The number of hydrogen-bond donors (Lipinski definition) is 0. The fraction of sp³-hybridized carbons (Fsp3) is 0.273. The number of aryl methyl sites for hydroxylation is 1. The van der Waals surface area contributed by atoms with Gasteiger partial charge in [0.25, 0.3) is 0 Å². The number of benzene rings is 2. The Morgan fingerprint density at radius 1 is 0.885 bits per heavy atom. The van der Waals surface area contributed by atoms with Crippen molar-refractivity contribution in [3.8, 4) is 11.5 Å². The van der Waals surface area contributed by atoms with Crippen LogP contribution >= 0.6 is 0 Å². The Kier molecular flexibility index (Phi) is 4.11. The first-order valence-electron chi connectivity index (χ1n) is 8.93. The third-order valence-corrected chi connectivity index (χ3v) is 5.39. The van der Waals surface area contributed by atoms with E-state index in [0.717, 1.165) is 11.3 Å². The predicted molar refractivity (Wildman–Crippen MR) is 100 cm³/mol. The second-order valence-corrected chi connectivity index (χ2v) is 6.96. The Hall–Kier alpha value is -2.88. The highest BCUT2D eigenvalue weighted by atomic mass is 16.5. The van der Waals surface area contributed by atoms with Crippen LogP contribution in [0, 0.1) is 25.7 Å². The second kappa shape index (κ2) is 6.45. The van der Waals surface area contributed by atoms with Gasteiger partial charge in [0.15, 0.2) is 0 Å². The molecule has 2 amide bonds. The maximum Gasteiger partial charge on any atom is 0.238 e. The van der Waals surface area contributed by atoms with Crippen LogP contribution in [-0.4, -0.2) is 11.8 Å². The topological polar surface area (TPSA) is 46.6 Å². The molecule has 1 saturated heterocycles. The van der Waals surface area contributed by atoms with E-state index >= 15 is 0 Å². The van der Waals surface area contributed by atoms with Crippen molar-refractivity contribution in [3.63, 3.8) is 0 Å². The molecule has 2 aliphatic rings. The van der Waals surface area contributed by atoms with Gasteiger partial charge in [-0.3, -0.25) is 14.5 Å². The molecule has 2 aromatic rings. The number of hydrogen-bond acceptors (Lipinski definition) is 3. The van der Waals surface area contributed by atoms with Gasteiger partial charge in [-0.25, -0.2) is 0 Å². The standard InChI is InChI=1S/C22H21NO3/c1-14-6-5-9-20(15(14)2)26-17-12-10-16(11-13-17)23-21(24)18-7-3-4-8-19(18)22(23)25/h3-6,9-13,18-19H,7-8H2,1-2H3/t18-,19+. The zero-order valence-electron chi connectivity index (χ0n) is 14.9. The fourth-order valence-electron chi connectivity index (χ4n) is 3.68. The van der Waals surface area contributed by atoms with Crippen molar-refractivity contribution >= 4 is 17.5 Å². The van der Waals surface area contributed by atoms with Crippen molar-refractivity contribution in [1.29, 1.82) is 0 Å². The number of carbonyl (C=O) groups excluding carboxylic acids is 2. The summed E-state index contributed by atoms with van der Waals surface area (Å²) in [7, 11) is 0. The van der Waals surface area contributed by atoms with Gasteiger partial charge >= 0.3 is 0 Å². The average Bonchev–Trinajstić information content (AvgIpc) is 2.91. The van der Waals surface area contributed by atoms with Gasteiger partial charge in [0.05, 0.1) is 17.5 Å². The molecule has 1 aliphatic carbocycles. The summed E-state index contributed by atoms with van der Waals surface area (Å²) in [5.74, 6) is 0.889. The van der Waals surface area contributed by atoms with E-state index in [1.807, 2.05) is 44.2 Å². The summed E-state index contributed by atoms with van der Waals surface area (Å²) in [6.45, 7) is 4.07. The first-order chi connectivity index (χ1) is 12.6. The smallest absolute Gasteiger partial charge is 0.238 e. The van der Waals surface area contributed by atoms with E-state index in [2.05, 4.69) is 0 Å². The normalized spacial score (nSPS) is 21.8. The van der Waals surface area contributed by atoms with Crippen molar-refractivity contribution < 1.29 is 14.3 Å². The van der Waals surface area contributed by atoms with Crippen LogP contribution in [0.1, 0.15) is 24.0 Å². The Balaban J connectivity index is 1.56. The maximum absolute atomic E-state index is 12.6. The minimum atomic E-state index is -0.210. The number of amides is 2. The van der Waals surface area contributed by atoms with Gasteiger partial charge in [0, 0.05) is 0 Å². The maximum atomic E-state index is 12.6. The predicted octanol–water partition coefficient (Wildman–Crippen LogP) is 4.55. The van der Waals surface area contributed by atoms with Gasteiger partial charge in [0.1, 0.15) is 11.5 Å². The molecule has 0 saturated carbocycles. The summed E-state index contributed by atoms with van der Waals surface area (Å²) >= 11 is 0. The molecule has 1 fully saturated rings. The average molecular weight is 347 g/mol. The number of anilines is 1. The van der Waals surface area contributed by atoms with Crippen LogP contribution in [0.3, 0.4) is 0 Å². The molecule has 2 atom stereocenters. The lowest BCUT2D eigenvalue weighted by Crippen LogP contribution is -2.30. The number of carbonyl (C=O) groups is 2. The molecular formula is C22H21NO3. The molecule has 0 unspecified atom stereocenters. The van der Waals surface area contributed by atoms with Crippen LogP contribution in [-0.2, 0) is 9.59 Å². The number of rotatable bonds is 3. The van der Waals surface area contributed by atoms with E-state index in [0.29, 0.717) is 24.3 Å². The molecule has 0 spiro atoms. The van der Waals surface area contributed by atoms with E-state index in [9.17, 15) is 9.59 Å². The van der Waals surface area contributed by atoms with Crippen LogP contribution in [0.5, 0.6) is 11.5 Å². The van der Waals surface area contributed by atoms with Crippen molar-refractivity contribution in [3.05, 3.63) is 65.7 Å². The third-order valence-electron chi connectivity index (χ3n) is 5.39. The number of nitrogens with zero attached hydrogens (tertiary/aromatic N) is 1. The van der Waals surface area contributed by atoms with Gasteiger partial charge in [-0.2, -0.15) is 0 Å². The zero-order valence-corrected chi connectivity index (χ0v) is 14.9. The molecule has 4 heteroatoms. The molecule has 0 bridgehead atoms. The lowest BCUT2D eigenvalue weighted by atomic mass is 9.85. The van der Waals surface area contributed by atoms with E-state index in [4.69, 9.17) is 4.74 Å². The Labute approximate surface area is 153 Å². The molecule has 132 valence electrons. The van der Waals surface area contributed by atoms with Gasteiger partial charge in [-0.15, -0.1) is 0 Å². The number of fused-ring (bicyclic) bond motifs is 1. The third kappa shape index (κ3) is 2.71. The molecule has 26 heavy (non-hydrogen) atoms. The van der Waals surface area contributed by atoms with Crippen LogP contribution in [0.15, 0.2) is 54.6 Å². The number of imide groups is 1. The van der Waals surface area contributed by atoms with E-state index in [1.54, 1.807) is 24.3 Å². The van der Waals surface area contributed by atoms with Crippen molar-refractivity contribution in [2.75, 3.05) is 4.90 Å². The van der Waals surface area contributed by atoms with E-state index < -0.39 is 0 Å². The highest BCUT2D eigenvalue weighted by Gasteiger charge is 2.47. The van der Waals surface area contributed by atoms with Gasteiger partial charge in [0.2, 0.25) is 11.8 Å². The summed E-state index contributed by atoms with van der Waals surface area (Å²) in [6.07, 6.45) is 5.30. The second-order valence-electron chi connectivity index (χ2n) is 6.96. The molecule has 0 radical (unpaired) electrons. The zero-order chi connectivity index (χ0) is 18.3. The lowest BCUT2D eigenvalue weighted by Gasteiger charge is -2.16. The first kappa shape index (κ1) is 16.6. The lowest BCUT2D eigenvalue weighted by molar-refractivity contribution is -0.122. The summed E-state index contributed by atoms with van der Waals surface area (Å²) in [5.41, 5.74) is 2.88. The minimum Gasteiger partial charge on any atom is -0.457 e. The summed E-state index contributed by atoms with van der Waals surface area (Å²) < 4.78 is 5.96. The molecule has 4 rings (SSSR count). The molecule has 4 nitrogen and oxygen atoms in total. The van der Waals surface area contributed by atoms with Gasteiger partial charge in [-0.05, 0) is 68.1 Å².